The van der Waals surface area contributed by atoms with E-state index in [-0.39, 0.29) is 23.2 Å². The molecule has 0 aliphatic carbocycles. The number of benzene rings is 1. The number of fused-ring (bicyclic) bond motifs is 2. The molecule has 0 unspecified atom stereocenters. The van der Waals surface area contributed by atoms with Gasteiger partial charge in [0.05, 0.1) is 35.5 Å². The number of ether oxygens (including phenoxy) is 2. The zero-order chi connectivity index (χ0) is 26.0. The SMILES string of the molecule is Cn1cc2c(C(=O)N[C@H]3CC[C@H](CCN4CCc5nc(OCC(F)(F)F)sc5CC4)OC3)cccc2n1. The Balaban J connectivity index is 1.04. The molecular formula is C25H30F3N5O3S. The van der Waals surface area contributed by atoms with E-state index in [0.29, 0.717) is 18.6 Å². The first-order valence-corrected chi connectivity index (χ1v) is 13.3. The molecule has 8 nitrogen and oxygen atoms in total. The number of thiazole rings is 1. The lowest BCUT2D eigenvalue weighted by molar-refractivity contribution is -0.153. The molecule has 1 N–H and O–H groups in total. The van der Waals surface area contributed by atoms with Gasteiger partial charge in [-0.3, -0.25) is 9.48 Å². The molecule has 0 saturated carbocycles. The van der Waals surface area contributed by atoms with Gasteiger partial charge in [-0.05, 0) is 37.8 Å². The number of rotatable bonds is 7. The Hall–Kier alpha value is -2.70. The van der Waals surface area contributed by atoms with Crippen LogP contribution in [-0.2, 0) is 24.6 Å². The quantitative estimate of drug-likeness (QED) is 0.495. The first kappa shape index (κ1) is 25.9. The van der Waals surface area contributed by atoms with Crippen LogP contribution in [0.1, 0.15) is 40.2 Å². The predicted octanol–water partition coefficient (Wildman–Crippen LogP) is 3.74. The van der Waals surface area contributed by atoms with Crippen molar-refractivity contribution in [3.05, 3.63) is 40.5 Å². The zero-order valence-corrected chi connectivity index (χ0v) is 21.4. The molecule has 12 heteroatoms. The molecule has 37 heavy (non-hydrogen) atoms. The predicted molar refractivity (Wildman–Crippen MR) is 133 cm³/mol. The fraction of sp³-hybridized carbons (Fsp3) is 0.560. The fourth-order valence-corrected chi connectivity index (χ4v) is 5.85. The minimum atomic E-state index is -4.36. The molecule has 0 bridgehead atoms. The Bertz CT molecular complexity index is 1210. The van der Waals surface area contributed by atoms with Crippen LogP contribution in [0, 0.1) is 0 Å². The normalized spacial score (nSPS) is 21.0. The van der Waals surface area contributed by atoms with Crippen LogP contribution in [0.3, 0.4) is 0 Å². The summed E-state index contributed by atoms with van der Waals surface area (Å²) in [6.45, 7) is 1.70. The molecule has 5 rings (SSSR count). The van der Waals surface area contributed by atoms with Crippen LogP contribution in [0.5, 0.6) is 5.19 Å². The second-order valence-corrected chi connectivity index (χ2v) is 10.7. The van der Waals surface area contributed by atoms with Gasteiger partial charge in [0, 0.05) is 49.6 Å². The molecule has 0 radical (unpaired) electrons. The van der Waals surface area contributed by atoms with Gasteiger partial charge in [-0.1, -0.05) is 17.4 Å². The summed E-state index contributed by atoms with van der Waals surface area (Å²) in [5.74, 6) is -0.108. The topological polar surface area (TPSA) is 81.5 Å². The van der Waals surface area contributed by atoms with E-state index in [1.54, 1.807) is 4.68 Å². The summed E-state index contributed by atoms with van der Waals surface area (Å²) in [6, 6.07) is 5.53. The first-order chi connectivity index (χ1) is 17.7. The van der Waals surface area contributed by atoms with E-state index in [9.17, 15) is 18.0 Å². The van der Waals surface area contributed by atoms with Gasteiger partial charge in [0.25, 0.3) is 11.1 Å². The third-order valence-corrected chi connectivity index (χ3v) is 7.89. The smallest absolute Gasteiger partial charge is 0.422 e. The van der Waals surface area contributed by atoms with E-state index in [1.165, 1.54) is 11.3 Å². The number of aromatic nitrogens is 3. The summed E-state index contributed by atoms with van der Waals surface area (Å²) in [5, 5.41) is 8.42. The van der Waals surface area contributed by atoms with Gasteiger partial charge in [0.2, 0.25) is 0 Å². The van der Waals surface area contributed by atoms with E-state index >= 15 is 0 Å². The molecule has 1 fully saturated rings. The molecule has 200 valence electrons. The average Bonchev–Trinajstić information content (AvgIpc) is 3.39. The summed E-state index contributed by atoms with van der Waals surface area (Å²) >= 11 is 1.22. The highest BCUT2D eigenvalue weighted by molar-refractivity contribution is 7.13. The molecule has 2 aromatic heterocycles. The van der Waals surface area contributed by atoms with Crippen LogP contribution in [0.15, 0.2) is 24.4 Å². The van der Waals surface area contributed by atoms with E-state index in [0.717, 1.165) is 66.8 Å². The molecule has 3 aromatic rings. The maximum Gasteiger partial charge on any atom is 0.422 e. The lowest BCUT2D eigenvalue weighted by Gasteiger charge is -2.31. The Morgan fingerprint density at radius 2 is 2.11 bits per heavy atom. The fourth-order valence-electron chi connectivity index (χ4n) is 4.91. The van der Waals surface area contributed by atoms with Crippen molar-refractivity contribution in [2.45, 2.75) is 50.4 Å². The Morgan fingerprint density at radius 3 is 2.89 bits per heavy atom. The largest absolute Gasteiger partial charge is 0.460 e. The molecule has 2 atom stereocenters. The van der Waals surface area contributed by atoms with Gasteiger partial charge in [0.15, 0.2) is 6.61 Å². The minimum Gasteiger partial charge on any atom is -0.460 e. The summed E-state index contributed by atoms with van der Waals surface area (Å²) in [7, 11) is 1.84. The van der Waals surface area contributed by atoms with Gasteiger partial charge in [-0.15, -0.1) is 0 Å². The minimum absolute atomic E-state index is 0.0234. The number of nitrogens with one attached hydrogen (secondary N) is 1. The molecule has 1 amide bonds. The van der Waals surface area contributed by atoms with Crippen molar-refractivity contribution in [1.29, 1.82) is 0 Å². The van der Waals surface area contributed by atoms with Crippen LogP contribution >= 0.6 is 11.3 Å². The second kappa shape index (κ2) is 11.0. The molecule has 4 heterocycles. The van der Waals surface area contributed by atoms with Crippen molar-refractivity contribution in [2.24, 2.45) is 7.05 Å². The van der Waals surface area contributed by atoms with Gasteiger partial charge in [-0.2, -0.15) is 18.3 Å². The number of aryl methyl sites for hydroxylation is 1. The number of halogens is 3. The molecule has 2 aliphatic heterocycles. The number of hydrogen-bond acceptors (Lipinski definition) is 7. The number of hydrogen-bond donors (Lipinski definition) is 1. The maximum atomic E-state index is 12.9. The highest BCUT2D eigenvalue weighted by atomic mass is 32.1. The standard InChI is InChI=1S/C25H30F3N5O3S/c1-32-13-19-18(3-2-4-20(19)31-32)23(34)29-16-5-6-17(35-14-16)7-10-33-11-8-21-22(9-12-33)37-24(30-21)36-15-25(26,27)28/h2-4,13,16-17H,5-12,14-15H2,1H3,(H,29,34)/t16-,17+/m0/s1. The third kappa shape index (κ3) is 6.60. The van der Waals surface area contributed by atoms with Gasteiger partial charge >= 0.3 is 6.18 Å². The first-order valence-electron chi connectivity index (χ1n) is 12.5. The van der Waals surface area contributed by atoms with Gasteiger partial charge in [-0.25, -0.2) is 4.98 Å². The summed E-state index contributed by atoms with van der Waals surface area (Å²) in [6.07, 6.45) is 1.74. The molecule has 0 spiro atoms. The van der Waals surface area contributed by atoms with Crippen molar-refractivity contribution in [3.63, 3.8) is 0 Å². The van der Waals surface area contributed by atoms with E-state index in [2.05, 4.69) is 20.3 Å². The number of alkyl halides is 3. The van der Waals surface area contributed by atoms with Crippen LogP contribution in [0.4, 0.5) is 13.2 Å². The lowest BCUT2D eigenvalue weighted by atomic mass is 10.0. The Labute approximate surface area is 216 Å². The van der Waals surface area contributed by atoms with Crippen molar-refractivity contribution < 1.29 is 27.4 Å². The van der Waals surface area contributed by atoms with Crippen molar-refractivity contribution >= 4 is 28.1 Å². The van der Waals surface area contributed by atoms with E-state index < -0.39 is 12.8 Å². The lowest BCUT2D eigenvalue weighted by Crippen LogP contribution is -2.43. The number of carbonyl (C=O) groups is 1. The number of nitrogens with zero attached hydrogens (tertiary/aromatic N) is 4. The van der Waals surface area contributed by atoms with Crippen molar-refractivity contribution in [3.8, 4) is 5.19 Å². The second-order valence-electron chi connectivity index (χ2n) is 9.63. The van der Waals surface area contributed by atoms with Crippen LogP contribution < -0.4 is 10.1 Å². The monoisotopic (exact) mass is 537 g/mol. The zero-order valence-electron chi connectivity index (χ0n) is 20.6. The van der Waals surface area contributed by atoms with Gasteiger partial charge in [0.1, 0.15) is 0 Å². The van der Waals surface area contributed by atoms with E-state index in [4.69, 9.17) is 9.47 Å². The van der Waals surface area contributed by atoms with Crippen LogP contribution in [0.2, 0.25) is 0 Å². The maximum absolute atomic E-state index is 12.9. The highest BCUT2D eigenvalue weighted by Gasteiger charge is 2.30. The van der Waals surface area contributed by atoms with Gasteiger partial charge < -0.3 is 19.7 Å². The molecular weight excluding hydrogens is 507 g/mol. The van der Waals surface area contributed by atoms with Crippen LogP contribution in [-0.4, -0.2) is 76.7 Å². The average molecular weight is 538 g/mol. The summed E-state index contributed by atoms with van der Waals surface area (Å²) in [5.41, 5.74) is 2.26. The van der Waals surface area contributed by atoms with Crippen LogP contribution in [0.25, 0.3) is 10.9 Å². The molecule has 1 aromatic carbocycles. The van der Waals surface area contributed by atoms with Crippen molar-refractivity contribution in [1.82, 2.24) is 25.0 Å². The third-order valence-electron chi connectivity index (χ3n) is 6.82. The highest BCUT2D eigenvalue weighted by Crippen LogP contribution is 2.30. The molecule has 2 aliphatic rings. The number of carbonyl (C=O) groups excluding carboxylic acids is 1. The van der Waals surface area contributed by atoms with Crippen molar-refractivity contribution in [2.75, 3.05) is 32.8 Å². The molecule has 1 saturated heterocycles. The Kier molecular flexibility index (Phi) is 7.68. The van der Waals surface area contributed by atoms with E-state index in [1.807, 2.05) is 31.4 Å². The number of amides is 1. The Morgan fingerprint density at radius 1 is 1.27 bits per heavy atom. The summed E-state index contributed by atoms with van der Waals surface area (Å²) in [4.78, 5) is 20.5. The summed E-state index contributed by atoms with van der Waals surface area (Å²) < 4.78 is 49.8.